The van der Waals surface area contributed by atoms with E-state index in [4.69, 9.17) is 0 Å². The molecule has 0 aromatic rings. The zero-order chi connectivity index (χ0) is 9.26. The second-order valence-electron chi connectivity index (χ2n) is 2.46. The highest BCUT2D eigenvalue weighted by Crippen LogP contribution is 2.24. The van der Waals surface area contributed by atoms with Crippen LogP contribution in [-0.2, 0) is 0 Å². The normalized spacial score (nSPS) is 20.2. The first-order chi connectivity index (χ1) is 6.33. The Morgan fingerprint density at radius 1 is 1.46 bits per heavy atom. The van der Waals surface area contributed by atoms with E-state index in [1.165, 1.54) is 0 Å². The first-order valence-corrected chi connectivity index (χ1v) is 6.14. The van der Waals surface area contributed by atoms with Gasteiger partial charge in [0.25, 0.3) is 0 Å². The Hall–Kier alpha value is -0.590. The van der Waals surface area contributed by atoms with E-state index in [0.717, 1.165) is 10.7 Å². The Bertz CT molecular complexity index is 297. The lowest BCUT2D eigenvalue weighted by molar-refractivity contribution is 0.308. The number of rotatable bonds is 2. The van der Waals surface area contributed by atoms with E-state index in [0.29, 0.717) is 0 Å². The van der Waals surface area contributed by atoms with E-state index in [-0.39, 0.29) is 0 Å². The molecule has 0 aliphatic carbocycles. The van der Waals surface area contributed by atoms with E-state index < -0.39 is 0 Å². The predicted molar refractivity (Wildman–Crippen MR) is 58.5 cm³/mol. The summed E-state index contributed by atoms with van der Waals surface area (Å²) < 4.78 is 1.93. The van der Waals surface area contributed by atoms with Gasteiger partial charge in [-0.2, -0.15) is 0 Å². The van der Waals surface area contributed by atoms with Gasteiger partial charge in [0.2, 0.25) is 0 Å². The molecule has 0 amide bonds. The minimum Gasteiger partial charge on any atom is -0.246 e. The van der Waals surface area contributed by atoms with Gasteiger partial charge in [-0.25, -0.2) is 14.4 Å². The van der Waals surface area contributed by atoms with Crippen molar-refractivity contribution in [2.45, 2.75) is 0 Å². The van der Waals surface area contributed by atoms with Crippen molar-refractivity contribution in [1.29, 1.82) is 0 Å². The summed E-state index contributed by atoms with van der Waals surface area (Å²) >= 11 is 3.26. The first kappa shape index (κ1) is 8.98. The molecule has 2 heterocycles. The molecule has 0 saturated heterocycles. The van der Waals surface area contributed by atoms with E-state index in [1.807, 2.05) is 34.2 Å². The van der Waals surface area contributed by atoms with E-state index in [9.17, 15) is 0 Å². The van der Waals surface area contributed by atoms with Gasteiger partial charge < -0.3 is 0 Å². The molecule has 4 nitrogen and oxygen atoms in total. The van der Waals surface area contributed by atoms with Gasteiger partial charge in [0, 0.05) is 6.26 Å². The van der Waals surface area contributed by atoms with Gasteiger partial charge in [0.1, 0.15) is 6.34 Å². The van der Waals surface area contributed by atoms with Crippen LogP contribution in [0, 0.1) is 0 Å². The van der Waals surface area contributed by atoms with Crippen molar-refractivity contribution in [2.24, 2.45) is 4.99 Å². The van der Waals surface area contributed by atoms with E-state index >= 15 is 0 Å². The fourth-order valence-corrected chi connectivity index (χ4v) is 1.83. The molecular formula is C7H10N4S2. The maximum atomic E-state index is 4.25. The average molecular weight is 214 g/mol. The summed E-state index contributed by atoms with van der Waals surface area (Å²) in [5.74, 6) is 0. The summed E-state index contributed by atoms with van der Waals surface area (Å²) in [6, 6.07) is 0. The molecule has 0 bridgehead atoms. The van der Waals surface area contributed by atoms with E-state index in [1.54, 1.807) is 30.0 Å². The van der Waals surface area contributed by atoms with Gasteiger partial charge in [-0.15, -0.1) is 17.3 Å². The Morgan fingerprint density at radius 3 is 3.00 bits per heavy atom. The molecule has 0 aromatic carbocycles. The molecule has 0 spiro atoms. The highest BCUT2D eigenvalue weighted by atomic mass is 32.2. The van der Waals surface area contributed by atoms with Crippen LogP contribution < -0.4 is 5.53 Å². The number of nitrogens with one attached hydrogen (secondary N) is 1. The predicted octanol–water partition coefficient (Wildman–Crippen LogP) is 1.39. The van der Waals surface area contributed by atoms with Gasteiger partial charge >= 0.3 is 0 Å². The lowest BCUT2D eigenvalue weighted by Gasteiger charge is -2.19. The molecule has 0 radical (unpaired) electrons. The highest BCUT2D eigenvalue weighted by molar-refractivity contribution is 8.02. The Labute approximate surface area is 85.8 Å². The van der Waals surface area contributed by atoms with Crippen LogP contribution in [0.3, 0.4) is 0 Å². The van der Waals surface area contributed by atoms with Crippen molar-refractivity contribution < 1.29 is 0 Å². The first-order valence-electron chi connectivity index (χ1n) is 3.74. The minimum atomic E-state index is 1.03. The molecule has 13 heavy (non-hydrogen) atoms. The highest BCUT2D eigenvalue weighted by Gasteiger charge is 2.19. The molecule has 0 atom stereocenters. The van der Waals surface area contributed by atoms with Crippen LogP contribution in [-0.4, -0.2) is 28.3 Å². The van der Waals surface area contributed by atoms with Crippen molar-refractivity contribution in [1.82, 2.24) is 15.0 Å². The number of hydrogen-bond donors (Lipinski definition) is 1. The van der Waals surface area contributed by atoms with Gasteiger partial charge in [-0.3, -0.25) is 0 Å². The fraction of sp³-hybridized carbons (Fsp3) is 0.286. The largest absolute Gasteiger partial charge is 0.246 e. The van der Waals surface area contributed by atoms with Crippen LogP contribution in [0.1, 0.15) is 0 Å². The minimum absolute atomic E-state index is 1.03. The fourth-order valence-electron chi connectivity index (χ4n) is 1.06. The third-order valence-corrected chi connectivity index (χ3v) is 2.93. The van der Waals surface area contributed by atoms with Crippen LogP contribution in [0.2, 0.25) is 0 Å². The Morgan fingerprint density at radius 2 is 2.31 bits per heavy atom. The molecule has 0 saturated carbocycles. The van der Waals surface area contributed by atoms with Crippen LogP contribution in [0.5, 0.6) is 0 Å². The number of allylic oxidation sites excluding steroid dienone is 1. The topological polar surface area (TPSA) is 30.9 Å². The molecule has 0 fully saturated rings. The molecule has 2 aliphatic rings. The van der Waals surface area contributed by atoms with Crippen molar-refractivity contribution in [3.63, 3.8) is 0 Å². The standard InChI is InChI=1S/C7H10N4S2/c1-12-7-3-6-4-11(13-2)9-10(6)5-8-7/h3-5,9H,1-2H3. The number of nitrogens with zero attached hydrogens (tertiary/aromatic N) is 3. The number of fused-ring (bicyclic) bond motifs is 1. The second-order valence-corrected chi connectivity index (χ2v) is 4.05. The average Bonchev–Trinajstić information content (AvgIpc) is 2.58. The molecule has 6 heteroatoms. The number of hydrazine groups is 2. The van der Waals surface area contributed by atoms with Gasteiger partial charge in [0.15, 0.2) is 0 Å². The smallest absolute Gasteiger partial charge is 0.113 e. The number of aliphatic imine (C=N–C) groups is 1. The number of hydrogen-bond acceptors (Lipinski definition) is 6. The van der Waals surface area contributed by atoms with Crippen molar-refractivity contribution >= 4 is 30.0 Å². The van der Waals surface area contributed by atoms with Crippen molar-refractivity contribution in [2.75, 3.05) is 12.5 Å². The van der Waals surface area contributed by atoms with Crippen LogP contribution in [0.4, 0.5) is 0 Å². The lowest BCUT2D eigenvalue weighted by Crippen LogP contribution is -2.36. The summed E-state index contributed by atoms with van der Waals surface area (Å²) in [4.78, 5) is 4.25. The summed E-state index contributed by atoms with van der Waals surface area (Å²) in [6.07, 6.45) is 9.90. The Kier molecular flexibility index (Phi) is 2.52. The maximum Gasteiger partial charge on any atom is 0.113 e. The number of thioether (sulfide) groups is 1. The molecule has 1 N–H and O–H groups in total. The van der Waals surface area contributed by atoms with E-state index in [2.05, 4.69) is 10.5 Å². The summed E-state index contributed by atoms with van der Waals surface area (Å²) in [5, 5.41) is 2.92. The second kappa shape index (κ2) is 3.65. The SMILES string of the molecule is CSC1=CC2=CN(SC)NN2C=N1. The summed E-state index contributed by atoms with van der Waals surface area (Å²) in [6.45, 7) is 0. The zero-order valence-electron chi connectivity index (χ0n) is 7.39. The van der Waals surface area contributed by atoms with Crippen molar-refractivity contribution in [3.05, 3.63) is 23.0 Å². The van der Waals surface area contributed by atoms with Crippen molar-refractivity contribution in [3.8, 4) is 0 Å². The molecule has 0 unspecified atom stereocenters. The van der Waals surface area contributed by atoms with Gasteiger partial charge in [0.05, 0.1) is 16.9 Å². The maximum absolute atomic E-state index is 4.25. The third kappa shape index (κ3) is 1.70. The molecule has 2 aliphatic heterocycles. The zero-order valence-corrected chi connectivity index (χ0v) is 9.02. The quantitative estimate of drug-likeness (QED) is 0.702. The summed E-state index contributed by atoms with van der Waals surface area (Å²) in [5.41, 5.74) is 4.24. The monoisotopic (exact) mass is 214 g/mol. The molecular weight excluding hydrogens is 204 g/mol. The van der Waals surface area contributed by atoms with Gasteiger partial charge in [-0.05, 0) is 24.3 Å². The van der Waals surface area contributed by atoms with Crippen LogP contribution >= 0.6 is 23.7 Å². The summed E-state index contributed by atoms with van der Waals surface area (Å²) in [7, 11) is 0. The van der Waals surface area contributed by atoms with Crippen LogP contribution in [0.25, 0.3) is 0 Å². The molecule has 0 aromatic heterocycles. The lowest BCUT2D eigenvalue weighted by atomic mass is 10.4. The molecule has 70 valence electrons. The van der Waals surface area contributed by atoms with Crippen LogP contribution in [0.15, 0.2) is 28.0 Å². The Balaban J connectivity index is 2.19. The van der Waals surface area contributed by atoms with Gasteiger partial charge in [-0.1, -0.05) is 0 Å². The third-order valence-electron chi connectivity index (χ3n) is 1.71. The molecule has 2 rings (SSSR count).